The Morgan fingerprint density at radius 2 is 1.89 bits per heavy atom. The zero-order valence-electron chi connectivity index (χ0n) is 15.3. The standard InChI is InChI=1S/C22H21ClN2O2/c1-2-27-17-8-5-15(6-9-17)22(26)19-14-24-20-10-7-16(23)13-18(20)21(19)25-11-3-4-12-25/h5-10,13-14H,2-4,11-12H2,1H3/p+1. The summed E-state index contributed by atoms with van der Waals surface area (Å²) >= 11 is 6.26. The van der Waals surface area contributed by atoms with E-state index in [1.165, 1.54) is 0 Å². The minimum absolute atomic E-state index is 0.00178. The zero-order valence-corrected chi connectivity index (χ0v) is 16.1. The van der Waals surface area contributed by atoms with Gasteiger partial charge in [0.2, 0.25) is 11.3 Å². The summed E-state index contributed by atoms with van der Waals surface area (Å²) in [7, 11) is 0. The lowest BCUT2D eigenvalue weighted by atomic mass is 10.00. The van der Waals surface area contributed by atoms with Crippen molar-refractivity contribution in [3.05, 3.63) is 64.8 Å². The molecule has 1 fully saturated rings. The fraction of sp³-hybridized carbons (Fsp3) is 0.273. The molecule has 1 aliphatic heterocycles. The maximum Gasteiger partial charge on any atom is 0.213 e. The van der Waals surface area contributed by atoms with Gasteiger partial charge in [0.05, 0.1) is 17.7 Å². The molecule has 0 saturated carbocycles. The molecule has 1 saturated heterocycles. The molecule has 2 heterocycles. The van der Waals surface area contributed by atoms with E-state index >= 15 is 0 Å². The van der Waals surface area contributed by atoms with E-state index < -0.39 is 0 Å². The molecule has 1 aliphatic rings. The average Bonchev–Trinajstić information content (AvgIpc) is 3.21. The molecule has 1 N–H and O–H groups in total. The van der Waals surface area contributed by atoms with E-state index in [-0.39, 0.29) is 5.78 Å². The van der Waals surface area contributed by atoms with E-state index in [4.69, 9.17) is 16.3 Å². The Balaban J connectivity index is 1.82. The second-order valence-electron chi connectivity index (χ2n) is 6.72. The highest BCUT2D eigenvalue weighted by Crippen LogP contribution is 2.33. The van der Waals surface area contributed by atoms with Crippen molar-refractivity contribution < 1.29 is 14.5 Å². The van der Waals surface area contributed by atoms with Gasteiger partial charge >= 0.3 is 0 Å². The minimum Gasteiger partial charge on any atom is -0.494 e. The number of hydrogen-bond acceptors (Lipinski definition) is 3. The van der Waals surface area contributed by atoms with Gasteiger partial charge in [-0.2, -0.15) is 0 Å². The molecule has 0 radical (unpaired) electrons. The number of H-pyrrole nitrogens is 1. The normalized spacial score (nSPS) is 13.9. The van der Waals surface area contributed by atoms with Crippen LogP contribution in [0.4, 0.5) is 5.69 Å². The fourth-order valence-corrected chi connectivity index (χ4v) is 3.85. The maximum atomic E-state index is 13.3. The number of carbonyl (C=O) groups is 1. The first kappa shape index (κ1) is 17.8. The number of pyridine rings is 1. The highest BCUT2D eigenvalue weighted by Gasteiger charge is 2.26. The summed E-state index contributed by atoms with van der Waals surface area (Å²) in [5.41, 5.74) is 3.27. The summed E-state index contributed by atoms with van der Waals surface area (Å²) < 4.78 is 5.48. The third-order valence-corrected chi connectivity index (χ3v) is 5.19. The molecule has 2 aromatic carbocycles. The third-order valence-electron chi connectivity index (χ3n) is 4.96. The number of anilines is 1. The molecule has 1 aromatic heterocycles. The largest absolute Gasteiger partial charge is 0.494 e. The van der Waals surface area contributed by atoms with E-state index in [1.807, 2.05) is 55.6 Å². The van der Waals surface area contributed by atoms with Crippen LogP contribution in [0.15, 0.2) is 48.7 Å². The quantitative estimate of drug-likeness (QED) is 0.609. The Bertz CT molecular complexity index is 980. The fourth-order valence-electron chi connectivity index (χ4n) is 3.68. The van der Waals surface area contributed by atoms with Crippen molar-refractivity contribution >= 4 is 34.0 Å². The zero-order chi connectivity index (χ0) is 18.8. The van der Waals surface area contributed by atoms with Crippen LogP contribution in [0.1, 0.15) is 35.7 Å². The van der Waals surface area contributed by atoms with Crippen LogP contribution in [-0.4, -0.2) is 25.5 Å². The Hall–Kier alpha value is -2.59. The number of halogens is 1. The Labute approximate surface area is 163 Å². The van der Waals surface area contributed by atoms with Crippen LogP contribution < -0.4 is 14.6 Å². The molecule has 0 unspecified atom stereocenters. The van der Waals surface area contributed by atoms with Crippen molar-refractivity contribution in [3.63, 3.8) is 0 Å². The summed E-state index contributed by atoms with van der Waals surface area (Å²) in [5, 5.41) is 1.66. The summed E-state index contributed by atoms with van der Waals surface area (Å²) in [6.07, 6.45) is 4.09. The number of nitrogens with zero attached hydrogens (tertiary/aromatic N) is 1. The number of ether oxygens (including phenoxy) is 1. The van der Waals surface area contributed by atoms with Crippen LogP contribution in [0.3, 0.4) is 0 Å². The second kappa shape index (κ2) is 7.57. The lowest BCUT2D eigenvalue weighted by molar-refractivity contribution is -0.344. The van der Waals surface area contributed by atoms with Gasteiger partial charge in [0.15, 0.2) is 6.20 Å². The highest BCUT2D eigenvalue weighted by atomic mass is 35.5. The average molecular weight is 382 g/mol. The van der Waals surface area contributed by atoms with Gasteiger partial charge in [-0.1, -0.05) is 11.6 Å². The van der Waals surface area contributed by atoms with Gasteiger partial charge < -0.3 is 9.64 Å². The molecule has 27 heavy (non-hydrogen) atoms. The number of benzene rings is 2. The second-order valence-corrected chi connectivity index (χ2v) is 7.16. The summed E-state index contributed by atoms with van der Waals surface area (Å²) in [6.45, 7) is 4.45. The molecular weight excluding hydrogens is 360 g/mol. The maximum absolute atomic E-state index is 13.3. The van der Waals surface area contributed by atoms with Crippen molar-refractivity contribution in [2.75, 3.05) is 24.6 Å². The molecule has 4 nitrogen and oxygen atoms in total. The van der Waals surface area contributed by atoms with Crippen LogP contribution in [0.5, 0.6) is 5.75 Å². The molecule has 0 bridgehead atoms. The first-order chi connectivity index (χ1) is 13.2. The number of hydrogen-bond donors (Lipinski definition) is 0. The van der Waals surface area contributed by atoms with Gasteiger partial charge in [0.1, 0.15) is 11.3 Å². The lowest BCUT2D eigenvalue weighted by Gasteiger charge is -2.21. The van der Waals surface area contributed by atoms with Crippen molar-refractivity contribution in [2.45, 2.75) is 19.8 Å². The number of carbonyl (C=O) groups excluding carboxylic acids is 1. The summed E-state index contributed by atoms with van der Waals surface area (Å²) in [4.78, 5) is 18.9. The van der Waals surface area contributed by atoms with Gasteiger partial charge in [-0.05, 0) is 56.2 Å². The topological polar surface area (TPSA) is 43.7 Å². The molecule has 0 aliphatic carbocycles. The lowest BCUT2D eigenvalue weighted by Crippen LogP contribution is -2.24. The van der Waals surface area contributed by atoms with Crippen LogP contribution in [-0.2, 0) is 0 Å². The molecule has 0 amide bonds. The van der Waals surface area contributed by atoms with Gasteiger partial charge in [-0.15, -0.1) is 0 Å². The van der Waals surface area contributed by atoms with Crippen molar-refractivity contribution in [2.24, 2.45) is 0 Å². The van der Waals surface area contributed by atoms with Crippen molar-refractivity contribution in [3.8, 4) is 5.75 Å². The first-order valence-corrected chi connectivity index (χ1v) is 9.71. The number of aromatic nitrogens is 1. The van der Waals surface area contributed by atoms with E-state index in [9.17, 15) is 4.79 Å². The smallest absolute Gasteiger partial charge is 0.213 e. The molecular formula is C22H22ClN2O2+. The number of ketones is 1. The van der Waals surface area contributed by atoms with E-state index in [0.717, 1.165) is 48.3 Å². The number of rotatable bonds is 5. The monoisotopic (exact) mass is 381 g/mol. The van der Waals surface area contributed by atoms with Crippen LogP contribution in [0.2, 0.25) is 5.02 Å². The van der Waals surface area contributed by atoms with Gasteiger partial charge in [0, 0.05) is 29.7 Å². The number of nitrogens with one attached hydrogen (secondary N) is 1. The Kier molecular flexibility index (Phi) is 4.99. The van der Waals surface area contributed by atoms with Gasteiger partial charge in [0.25, 0.3) is 0 Å². The predicted molar refractivity (Wildman–Crippen MR) is 108 cm³/mol. The van der Waals surface area contributed by atoms with Gasteiger partial charge in [-0.25, -0.2) is 4.98 Å². The van der Waals surface area contributed by atoms with Gasteiger partial charge in [-0.3, -0.25) is 4.79 Å². The molecule has 138 valence electrons. The molecule has 0 spiro atoms. The van der Waals surface area contributed by atoms with Crippen LogP contribution >= 0.6 is 11.6 Å². The van der Waals surface area contributed by atoms with Crippen LogP contribution in [0, 0.1) is 0 Å². The summed E-state index contributed by atoms with van der Waals surface area (Å²) in [5.74, 6) is 0.767. The Morgan fingerprint density at radius 3 is 2.59 bits per heavy atom. The van der Waals surface area contributed by atoms with E-state index in [0.29, 0.717) is 22.8 Å². The number of aromatic amines is 1. The van der Waals surface area contributed by atoms with Crippen molar-refractivity contribution in [1.82, 2.24) is 0 Å². The number of fused-ring (bicyclic) bond motifs is 1. The van der Waals surface area contributed by atoms with Crippen molar-refractivity contribution in [1.29, 1.82) is 0 Å². The van der Waals surface area contributed by atoms with E-state index in [1.54, 1.807) is 0 Å². The predicted octanol–water partition coefficient (Wildman–Crippen LogP) is 4.54. The summed E-state index contributed by atoms with van der Waals surface area (Å²) in [6, 6.07) is 13.1. The van der Waals surface area contributed by atoms with Crippen LogP contribution in [0.25, 0.3) is 10.9 Å². The molecule has 3 aromatic rings. The molecule has 5 heteroatoms. The minimum atomic E-state index is -0.00178. The molecule has 4 rings (SSSR count). The first-order valence-electron chi connectivity index (χ1n) is 9.34. The molecule has 0 atom stereocenters. The third kappa shape index (κ3) is 3.50. The Morgan fingerprint density at radius 1 is 1.15 bits per heavy atom. The highest BCUT2D eigenvalue weighted by molar-refractivity contribution is 6.31. The SMILES string of the molecule is CCOc1ccc(C(=O)c2c[nH+]c3ccc(Cl)cc3c2N2CCCC2)cc1. The van der Waals surface area contributed by atoms with E-state index in [2.05, 4.69) is 9.88 Å².